The minimum absolute atomic E-state index is 0.216. The average molecular weight is 276 g/mol. The molecule has 1 aliphatic rings. The maximum atomic E-state index is 12.7. The zero-order valence-electron chi connectivity index (χ0n) is 13.1. The van der Waals surface area contributed by atoms with Gasteiger partial charge >= 0.3 is 0 Å². The second-order valence-electron chi connectivity index (χ2n) is 6.49. The molecule has 1 aliphatic carbocycles. The molecular formula is C17H28N2O. The van der Waals surface area contributed by atoms with Crippen LogP contribution in [-0.4, -0.2) is 11.1 Å². The van der Waals surface area contributed by atoms with Gasteiger partial charge in [0.15, 0.2) is 0 Å². The largest absolute Gasteiger partial charge is 0.312 e. The van der Waals surface area contributed by atoms with Gasteiger partial charge in [-0.1, -0.05) is 39.2 Å². The minimum atomic E-state index is 0.216. The summed E-state index contributed by atoms with van der Waals surface area (Å²) in [7, 11) is 0. The van der Waals surface area contributed by atoms with Crippen molar-refractivity contribution in [2.75, 3.05) is 6.54 Å². The van der Waals surface area contributed by atoms with E-state index in [9.17, 15) is 4.79 Å². The van der Waals surface area contributed by atoms with Gasteiger partial charge in [0.2, 0.25) is 0 Å². The molecule has 112 valence electrons. The van der Waals surface area contributed by atoms with E-state index >= 15 is 0 Å². The van der Waals surface area contributed by atoms with E-state index in [4.69, 9.17) is 0 Å². The molecule has 2 rings (SSSR count). The summed E-state index contributed by atoms with van der Waals surface area (Å²) in [6, 6.07) is 4.51. The van der Waals surface area contributed by atoms with Gasteiger partial charge < -0.3 is 9.88 Å². The highest BCUT2D eigenvalue weighted by molar-refractivity contribution is 5.16. The molecule has 0 saturated heterocycles. The van der Waals surface area contributed by atoms with Gasteiger partial charge in [-0.15, -0.1) is 0 Å². The van der Waals surface area contributed by atoms with Crippen LogP contribution in [0.3, 0.4) is 0 Å². The number of pyridine rings is 1. The van der Waals surface area contributed by atoms with Crippen molar-refractivity contribution in [2.45, 2.75) is 65.5 Å². The van der Waals surface area contributed by atoms with Gasteiger partial charge in [0, 0.05) is 23.8 Å². The van der Waals surface area contributed by atoms with Crippen LogP contribution in [0.15, 0.2) is 16.9 Å². The van der Waals surface area contributed by atoms with Crippen LogP contribution in [0, 0.1) is 12.8 Å². The highest BCUT2D eigenvalue weighted by atomic mass is 16.1. The smallest absolute Gasteiger partial charge is 0.255 e. The summed E-state index contributed by atoms with van der Waals surface area (Å²) in [5.41, 5.74) is 2.23. The second kappa shape index (κ2) is 7.07. The highest BCUT2D eigenvalue weighted by Crippen LogP contribution is 2.27. The lowest BCUT2D eigenvalue weighted by Crippen LogP contribution is -2.32. The van der Waals surface area contributed by atoms with Gasteiger partial charge in [0.25, 0.3) is 5.56 Å². The average Bonchev–Trinajstić information content (AvgIpc) is 2.42. The molecule has 1 N–H and O–H groups in total. The van der Waals surface area contributed by atoms with Crippen LogP contribution in [0.2, 0.25) is 0 Å². The maximum Gasteiger partial charge on any atom is 0.255 e. The molecule has 3 heteroatoms. The quantitative estimate of drug-likeness (QED) is 0.894. The van der Waals surface area contributed by atoms with E-state index in [1.54, 1.807) is 0 Å². The van der Waals surface area contributed by atoms with Crippen LogP contribution in [0.1, 0.15) is 63.3 Å². The van der Waals surface area contributed by atoms with Crippen LogP contribution in [0.25, 0.3) is 0 Å². The fourth-order valence-corrected chi connectivity index (χ4v) is 3.11. The van der Waals surface area contributed by atoms with Crippen molar-refractivity contribution in [1.82, 2.24) is 9.88 Å². The Morgan fingerprint density at radius 2 is 1.95 bits per heavy atom. The predicted octanol–water partition coefficient (Wildman–Crippen LogP) is 3.41. The summed E-state index contributed by atoms with van der Waals surface area (Å²) < 4.78 is 2.05. The molecule has 1 saturated carbocycles. The van der Waals surface area contributed by atoms with Gasteiger partial charge in [-0.3, -0.25) is 4.79 Å². The number of hydrogen-bond donors (Lipinski definition) is 1. The zero-order valence-corrected chi connectivity index (χ0v) is 13.1. The molecule has 0 atom stereocenters. The summed E-state index contributed by atoms with van der Waals surface area (Å²) in [6.07, 6.45) is 6.14. The number of hydrogen-bond acceptors (Lipinski definition) is 2. The Bertz CT molecular complexity index is 484. The van der Waals surface area contributed by atoms with Gasteiger partial charge in [-0.2, -0.15) is 0 Å². The van der Waals surface area contributed by atoms with E-state index in [0.717, 1.165) is 30.6 Å². The first-order valence-corrected chi connectivity index (χ1v) is 8.01. The third kappa shape index (κ3) is 3.72. The molecule has 0 bridgehead atoms. The molecular weight excluding hydrogens is 248 g/mol. The topological polar surface area (TPSA) is 34.0 Å². The maximum absolute atomic E-state index is 12.7. The van der Waals surface area contributed by atoms with E-state index in [-0.39, 0.29) is 5.56 Å². The number of aromatic nitrogens is 1. The summed E-state index contributed by atoms with van der Waals surface area (Å²) in [5.74, 6) is 0.612. The molecule has 1 fully saturated rings. The first-order chi connectivity index (χ1) is 9.59. The van der Waals surface area contributed by atoms with Crippen molar-refractivity contribution in [3.05, 3.63) is 33.7 Å². The first kappa shape index (κ1) is 15.3. The van der Waals surface area contributed by atoms with Crippen molar-refractivity contribution in [2.24, 2.45) is 5.92 Å². The molecule has 0 radical (unpaired) electrons. The molecule has 1 aromatic rings. The highest BCUT2D eigenvalue weighted by Gasteiger charge is 2.18. The summed E-state index contributed by atoms with van der Waals surface area (Å²) in [6.45, 7) is 8.06. The number of aryl methyl sites for hydroxylation is 1. The molecule has 0 unspecified atom stereocenters. The monoisotopic (exact) mass is 276 g/mol. The van der Waals surface area contributed by atoms with E-state index in [1.165, 1.54) is 19.3 Å². The van der Waals surface area contributed by atoms with Crippen molar-refractivity contribution in [3.8, 4) is 0 Å². The van der Waals surface area contributed by atoms with Gasteiger partial charge in [0.1, 0.15) is 0 Å². The Hall–Kier alpha value is -1.09. The number of nitrogens with one attached hydrogen (secondary N) is 1. The van der Waals surface area contributed by atoms with E-state index in [2.05, 4.69) is 32.2 Å². The molecule has 3 nitrogen and oxygen atoms in total. The SMILES string of the molecule is Cc1ccc(CNCC(C)C)c(=O)n1C1CCCCC1. The fraction of sp³-hybridized carbons (Fsp3) is 0.706. The van der Waals surface area contributed by atoms with E-state index in [1.807, 2.05) is 10.6 Å². The molecule has 1 heterocycles. The third-order valence-corrected chi connectivity index (χ3v) is 4.21. The molecule has 0 aromatic carbocycles. The van der Waals surface area contributed by atoms with Crippen molar-refractivity contribution in [3.63, 3.8) is 0 Å². The standard InChI is InChI=1S/C17H28N2O/c1-13(2)11-18-12-15-10-9-14(3)19(17(15)20)16-7-5-4-6-8-16/h9-10,13,16,18H,4-8,11-12H2,1-3H3. The van der Waals surface area contributed by atoms with E-state index in [0.29, 0.717) is 18.5 Å². The lowest BCUT2D eigenvalue weighted by Gasteiger charge is -2.26. The Labute approximate surface area is 122 Å². The number of rotatable bonds is 5. The zero-order chi connectivity index (χ0) is 14.5. The van der Waals surface area contributed by atoms with Crippen LogP contribution < -0.4 is 10.9 Å². The van der Waals surface area contributed by atoms with Gasteiger partial charge in [0.05, 0.1) is 0 Å². The molecule has 0 aliphatic heterocycles. The first-order valence-electron chi connectivity index (χ1n) is 8.01. The Kier molecular flexibility index (Phi) is 5.41. The Morgan fingerprint density at radius 3 is 2.60 bits per heavy atom. The summed E-state index contributed by atoms with van der Waals surface area (Å²) in [4.78, 5) is 12.7. The molecule has 0 spiro atoms. The number of nitrogens with zero attached hydrogens (tertiary/aromatic N) is 1. The molecule has 20 heavy (non-hydrogen) atoms. The lowest BCUT2D eigenvalue weighted by molar-refractivity contribution is 0.340. The van der Waals surface area contributed by atoms with Crippen LogP contribution >= 0.6 is 0 Å². The lowest BCUT2D eigenvalue weighted by atomic mass is 9.94. The molecule has 0 amide bonds. The van der Waals surface area contributed by atoms with Gasteiger partial charge in [-0.25, -0.2) is 0 Å². The Morgan fingerprint density at radius 1 is 1.25 bits per heavy atom. The van der Waals surface area contributed by atoms with Crippen molar-refractivity contribution < 1.29 is 0 Å². The molecule has 1 aromatic heterocycles. The van der Waals surface area contributed by atoms with Crippen LogP contribution in [-0.2, 0) is 6.54 Å². The summed E-state index contributed by atoms with van der Waals surface area (Å²) >= 11 is 0. The van der Waals surface area contributed by atoms with Crippen LogP contribution in [0.4, 0.5) is 0 Å². The minimum Gasteiger partial charge on any atom is -0.312 e. The third-order valence-electron chi connectivity index (χ3n) is 4.21. The normalized spacial score (nSPS) is 16.8. The van der Waals surface area contributed by atoms with E-state index < -0.39 is 0 Å². The van der Waals surface area contributed by atoms with Gasteiger partial charge in [-0.05, 0) is 38.3 Å². The summed E-state index contributed by atoms with van der Waals surface area (Å²) in [5, 5.41) is 3.38. The fourth-order valence-electron chi connectivity index (χ4n) is 3.11. The second-order valence-corrected chi connectivity index (χ2v) is 6.49. The van der Waals surface area contributed by atoms with Crippen LogP contribution in [0.5, 0.6) is 0 Å². The Balaban J connectivity index is 2.16. The van der Waals surface area contributed by atoms with Crippen molar-refractivity contribution in [1.29, 1.82) is 0 Å². The van der Waals surface area contributed by atoms with Crippen molar-refractivity contribution >= 4 is 0 Å². The predicted molar refractivity (Wildman–Crippen MR) is 84.1 cm³/mol.